The molecule has 1 aromatic heterocycles. The van der Waals surface area contributed by atoms with Crippen LogP contribution in [0.3, 0.4) is 0 Å². The van der Waals surface area contributed by atoms with Gasteiger partial charge in [0.05, 0.1) is 11.0 Å². The summed E-state index contributed by atoms with van der Waals surface area (Å²) in [6, 6.07) is 64.5. The molecule has 56 heavy (non-hydrogen) atoms. The Bertz CT molecular complexity index is 3150. The molecule has 0 fully saturated rings. The Morgan fingerprint density at radius 2 is 0.929 bits per heavy atom. The van der Waals surface area contributed by atoms with Gasteiger partial charge in [-0.25, -0.2) is 0 Å². The van der Waals surface area contributed by atoms with Crippen LogP contribution in [0, 0.1) is 0 Å². The van der Waals surface area contributed by atoms with Crippen molar-refractivity contribution in [1.29, 1.82) is 0 Å². The predicted molar refractivity (Wildman–Crippen MR) is 234 cm³/mol. The van der Waals surface area contributed by atoms with Gasteiger partial charge in [-0.3, -0.25) is 0 Å². The van der Waals surface area contributed by atoms with Crippen LogP contribution in [0.4, 0.5) is 0 Å². The van der Waals surface area contributed by atoms with Crippen molar-refractivity contribution >= 4 is 21.8 Å². The minimum Gasteiger partial charge on any atom is -0.309 e. The lowest BCUT2D eigenvalue weighted by Crippen LogP contribution is -2.14. The van der Waals surface area contributed by atoms with Gasteiger partial charge in [0.25, 0.3) is 0 Å². The molecule has 266 valence electrons. The maximum Gasteiger partial charge on any atom is 0.0541 e. The van der Waals surface area contributed by atoms with E-state index in [4.69, 9.17) is 0 Å². The number of aromatic nitrogens is 1. The minimum atomic E-state index is -0.0128. The standard InChI is InChI=1S/C55H41N/c1-54(2)47-18-10-7-14-38(47)44-31-35(22-26-49(44)54)53-41-17-6-5-13-37(41)43-29-33(21-25-42(43)53)34-23-28-52-46(30-34)40-16-9-12-20-51(40)56(52)36-24-27-50-45(32-36)39-15-8-11-19-48(39)55(50,3)4/h5-32,53H,1-4H3. The first-order valence-electron chi connectivity index (χ1n) is 20.0. The Morgan fingerprint density at radius 3 is 1.70 bits per heavy atom. The lowest BCUT2D eigenvalue weighted by molar-refractivity contribution is 0.660. The number of fused-ring (bicyclic) bond motifs is 12. The molecule has 9 aromatic rings. The molecule has 0 N–H and O–H groups in total. The number of rotatable bonds is 3. The Balaban J connectivity index is 0.979. The molecule has 0 bridgehead atoms. The highest BCUT2D eigenvalue weighted by atomic mass is 15.0. The molecule has 0 aliphatic heterocycles. The molecule has 1 heteroatoms. The lowest BCUT2D eigenvalue weighted by Gasteiger charge is -2.22. The van der Waals surface area contributed by atoms with Crippen molar-refractivity contribution in [2.75, 3.05) is 0 Å². The van der Waals surface area contributed by atoms with Gasteiger partial charge in [0.1, 0.15) is 0 Å². The number of nitrogens with zero attached hydrogens (tertiary/aromatic N) is 1. The summed E-state index contributed by atoms with van der Waals surface area (Å²) < 4.78 is 2.46. The van der Waals surface area contributed by atoms with Crippen LogP contribution in [-0.4, -0.2) is 4.57 Å². The normalized spacial score (nSPS) is 16.3. The van der Waals surface area contributed by atoms with Crippen molar-refractivity contribution in [2.45, 2.75) is 44.4 Å². The minimum absolute atomic E-state index is 0.00277. The molecule has 3 aliphatic rings. The van der Waals surface area contributed by atoms with Gasteiger partial charge in [0, 0.05) is 33.2 Å². The first-order chi connectivity index (χ1) is 27.3. The Morgan fingerprint density at radius 1 is 0.375 bits per heavy atom. The van der Waals surface area contributed by atoms with Crippen molar-refractivity contribution in [3.63, 3.8) is 0 Å². The largest absolute Gasteiger partial charge is 0.309 e. The maximum absolute atomic E-state index is 2.48. The first-order valence-corrected chi connectivity index (χ1v) is 20.0. The first kappa shape index (κ1) is 31.9. The van der Waals surface area contributed by atoms with E-state index in [0.717, 1.165) is 0 Å². The van der Waals surface area contributed by atoms with Gasteiger partial charge in [0.15, 0.2) is 0 Å². The molecule has 12 rings (SSSR count). The quantitative estimate of drug-likeness (QED) is 0.172. The molecule has 3 aliphatic carbocycles. The van der Waals surface area contributed by atoms with Gasteiger partial charge in [-0.2, -0.15) is 0 Å². The van der Waals surface area contributed by atoms with Gasteiger partial charge < -0.3 is 4.57 Å². The van der Waals surface area contributed by atoms with Gasteiger partial charge in [-0.05, 0) is 126 Å². The summed E-state index contributed by atoms with van der Waals surface area (Å²) in [5.41, 5.74) is 24.1. The molecule has 0 saturated heterocycles. The van der Waals surface area contributed by atoms with Crippen molar-refractivity contribution in [3.05, 3.63) is 209 Å². The summed E-state index contributed by atoms with van der Waals surface area (Å²) in [6.07, 6.45) is 0. The monoisotopic (exact) mass is 715 g/mol. The second kappa shape index (κ2) is 11.1. The Kier molecular flexibility index (Phi) is 6.31. The highest BCUT2D eigenvalue weighted by Gasteiger charge is 2.38. The van der Waals surface area contributed by atoms with Crippen LogP contribution < -0.4 is 0 Å². The molecule has 0 amide bonds. The van der Waals surface area contributed by atoms with E-state index in [1.165, 1.54) is 111 Å². The number of benzene rings is 8. The molecule has 1 nitrogen and oxygen atoms in total. The third-order valence-corrected chi connectivity index (χ3v) is 13.7. The highest BCUT2D eigenvalue weighted by Crippen LogP contribution is 2.54. The van der Waals surface area contributed by atoms with Crippen LogP contribution in [0.15, 0.2) is 170 Å². The summed E-state index contributed by atoms with van der Waals surface area (Å²) in [7, 11) is 0. The average Bonchev–Trinajstić information content (AvgIpc) is 3.89. The summed E-state index contributed by atoms with van der Waals surface area (Å²) in [6.45, 7) is 9.43. The van der Waals surface area contributed by atoms with Gasteiger partial charge in [-0.15, -0.1) is 0 Å². The van der Waals surface area contributed by atoms with Crippen LogP contribution in [0.25, 0.3) is 72.0 Å². The van der Waals surface area contributed by atoms with E-state index in [1.807, 2.05) is 0 Å². The Hall–Kier alpha value is -6.44. The fraction of sp³-hybridized carbons (Fsp3) is 0.127. The van der Waals surface area contributed by atoms with Crippen LogP contribution >= 0.6 is 0 Å². The van der Waals surface area contributed by atoms with Crippen molar-refractivity contribution in [2.24, 2.45) is 0 Å². The molecular formula is C55H41N. The number of para-hydroxylation sites is 1. The smallest absolute Gasteiger partial charge is 0.0541 e. The van der Waals surface area contributed by atoms with Crippen LogP contribution in [0.2, 0.25) is 0 Å². The van der Waals surface area contributed by atoms with Gasteiger partial charge >= 0.3 is 0 Å². The van der Waals surface area contributed by atoms with Gasteiger partial charge in [0.2, 0.25) is 0 Å². The van der Waals surface area contributed by atoms with E-state index >= 15 is 0 Å². The fourth-order valence-electron chi connectivity index (χ4n) is 10.9. The van der Waals surface area contributed by atoms with E-state index in [1.54, 1.807) is 0 Å². The molecule has 8 aromatic carbocycles. The summed E-state index contributed by atoms with van der Waals surface area (Å²) >= 11 is 0. The van der Waals surface area contributed by atoms with E-state index in [-0.39, 0.29) is 16.7 Å². The van der Waals surface area contributed by atoms with Gasteiger partial charge in [-0.1, -0.05) is 155 Å². The summed E-state index contributed by atoms with van der Waals surface area (Å²) in [4.78, 5) is 0. The topological polar surface area (TPSA) is 4.93 Å². The third-order valence-electron chi connectivity index (χ3n) is 13.7. The summed E-state index contributed by atoms with van der Waals surface area (Å²) in [5, 5.41) is 2.55. The molecule has 1 heterocycles. The second-order valence-corrected chi connectivity index (χ2v) is 17.3. The van der Waals surface area contributed by atoms with E-state index in [0.29, 0.717) is 0 Å². The molecule has 0 spiro atoms. The zero-order valence-corrected chi connectivity index (χ0v) is 32.2. The van der Waals surface area contributed by atoms with E-state index in [9.17, 15) is 0 Å². The number of hydrogen-bond donors (Lipinski definition) is 0. The van der Waals surface area contributed by atoms with Crippen molar-refractivity contribution in [1.82, 2.24) is 4.57 Å². The zero-order valence-electron chi connectivity index (χ0n) is 32.2. The molecule has 1 atom stereocenters. The van der Waals surface area contributed by atoms with Crippen molar-refractivity contribution in [3.8, 4) is 50.2 Å². The fourth-order valence-corrected chi connectivity index (χ4v) is 10.9. The molecular weight excluding hydrogens is 675 g/mol. The predicted octanol–water partition coefficient (Wildman–Crippen LogP) is 14.2. The average molecular weight is 716 g/mol. The van der Waals surface area contributed by atoms with E-state index < -0.39 is 0 Å². The van der Waals surface area contributed by atoms with Crippen LogP contribution in [0.5, 0.6) is 0 Å². The van der Waals surface area contributed by atoms with E-state index in [2.05, 4.69) is 202 Å². The highest BCUT2D eigenvalue weighted by molar-refractivity contribution is 6.10. The third kappa shape index (κ3) is 4.15. The molecule has 1 unspecified atom stereocenters. The SMILES string of the molecule is CC1(C)c2ccccc2-c2cc(C3c4ccccc4-c4cc(-c5ccc6c(c5)c5ccccc5n6-c5ccc6c(c5)-c5ccccc5C6(C)C)ccc43)ccc21. The lowest BCUT2D eigenvalue weighted by atomic mass is 9.81. The number of hydrogen-bond acceptors (Lipinski definition) is 0. The molecule has 0 saturated carbocycles. The van der Waals surface area contributed by atoms with Crippen LogP contribution in [0.1, 0.15) is 72.6 Å². The van der Waals surface area contributed by atoms with Crippen LogP contribution in [-0.2, 0) is 10.8 Å². The second-order valence-electron chi connectivity index (χ2n) is 17.3. The van der Waals surface area contributed by atoms with Crippen molar-refractivity contribution < 1.29 is 0 Å². The summed E-state index contributed by atoms with van der Waals surface area (Å²) in [5.74, 6) is 0.196. The zero-order chi connectivity index (χ0) is 37.5. The maximum atomic E-state index is 2.48. The Labute approximate surface area is 328 Å². The molecule has 0 radical (unpaired) electrons.